The lowest BCUT2D eigenvalue weighted by Gasteiger charge is -2.36. The number of hydrogen-bond acceptors (Lipinski definition) is 4. The molecule has 2 aliphatic heterocycles. The third-order valence-corrected chi connectivity index (χ3v) is 5.14. The number of carbonyl (C=O) groups is 1. The van der Waals surface area contributed by atoms with Crippen LogP contribution in [0.15, 0.2) is 34.9 Å². The Labute approximate surface area is 147 Å². The van der Waals surface area contributed by atoms with E-state index in [0.717, 1.165) is 50.9 Å². The number of rotatable bonds is 2. The maximum absolute atomic E-state index is 12.7. The Hall–Kier alpha value is -2.37. The van der Waals surface area contributed by atoms with Crippen LogP contribution in [0.4, 0.5) is 4.79 Å². The monoisotopic (exact) mass is 340 g/mol. The fraction of sp³-hybridized carbons (Fsp3) is 0.526. The van der Waals surface area contributed by atoms with Crippen molar-refractivity contribution >= 4 is 6.03 Å². The van der Waals surface area contributed by atoms with Crippen LogP contribution in [0, 0.1) is 0 Å². The Bertz CT molecular complexity index is 709. The summed E-state index contributed by atoms with van der Waals surface area (Å²) >= 11 is 0. The summed E-state index contributed by atoms with van der Waals surface area (Å²) in [4.78, 5) is 21.3. The van der Waals surface area contributed by atoms with Crippen LogP contribution in [0.5, 0.6) is 0 Å². The molecule has 0 spiro atoms. The summed E-state index contributed by atoms with van der Waals surface area (Å²) in [6.07, 6.45) is 5.43. The van der Waals surface area contributed by atoms with Gasteiger partial charge in [0.05, 0.1) is 5.92 Å². The topological polar surface area (TPSA) is 62.5 Å². The van der Waals surface area contributed by atoms with E-state index in [4.69, 9.17) is 4.52 Å². The normalized spacial score (nSPS) is 21.4. The molecule has 0 unspecified atom stereocenters. The fourth-order valence-corrected chi connectivity index (χ4v) is 3.74. The van der Waals surface area contributed by atoms with E-state index in [0.29, 0.717) is 18.3 Å². The summed E-state index contributed by atoms with van der Waals surface area (Å²) in [7, 11) is 0. The predicted octanol–water partition coefficient (Wildman–Crippen LogP) is 3.52. The van der Waals surface area contributed by atoms with Crippen LogP contribution in [-0.2, 0) is 0 Å². The van der Waals surface area contributed by atoms with Gasteiger partial charge in [-0.25, -0.2) is 4.79 Å². The lowest BCUT2D eigenvalue weighted by Crippen LogP contribution is -2.48. The quantitative estimate of drug-likeness (QED) is 0.839. The van der Waals surface area contributed by atoms with Crippen LogP contribution < -0.4 is 0 Å². The first-order valence-corrected chi connectivity index (χ1v) is 9.24. The Morgan fingerprint density at radius 1 is 1.00 bits per heavy atom. The van der Waals surface area contributed by atoms with Crippen molar-refractivity contribution in [2.45, 2.75) is 38.0 Å². The summed E-state index contributed by atoms with van der Waals surface area (Å²) in [6, 6.07) is 10.0. The average molecular weight is 340 g/mol. The Morgan fingerprint density at radius 2 is 1.76 bits per heavy atom. The second-order valence-corrected chi connectivity index (χ2v) is 6.94. The molecule has 6 heteroatoms. The first-order chi connectivity index (χ1) is 12.3. The minimum Gasteiger partial charge on any atom is -0.339 e. The van der Waals surface area contributed by atoms with Crippen LogP contribution >= 0.6 is 0 Å². The lowest BCUT2D eigenvalue weighted by molar-refractivity contribution is 0.126. The van der Waals surface area contributed by atoms with Gasteiger partial charge in [-0.2, -0.15) is 4.98 Å². The number of benzene rings is 1. The molecule has 0 N–H and O–H groups in total. The van der Waals surface area contributed by atoms with Gasteiger partial charge in [0.1, 0.15) is 0 Å². The highest BCUT2D eigenvalue weighted by Gasteiger charge is 2.31. The van der Waals surface area contributed by atoms with E-state index < -0.39 is 0 Å². The third kappa shape index (κ3) is 3.52. The molecule has 132 valence electrons. The molecular weight excluding hydrogens is 316 g/mol. The van der Waals surface area contributed by atoms with Gasteiger partial charge in [-0.15, -0.1) is 0 Å². The minimum absolute atomic E-state index is 0.132. The number of likely N-dealkylation sites (tertiary alicyclic amines) is 2. The number of aromatic nitrogens is 2. The molecule has 3 heterocycles. The van der Waals surface area contributed by atoms with Crippen LogP contribution in [0.2, 0.25) is 0 Å². The number of piperidine rings is 2. The number of amides is 2. The molecule has 25 heavy (non-hydrogen) atoms. The Kier molecular flexibility index (Phi) is 4.68. The van der Waals surface area contributed by atoms with E-state index in [-0.39, 0.29) is 11.9 Å². The minimum atomic E-state index is 0.132. The highest BCUT2D eigenvalue weighted by atomic mass is 16.5. The number of nitrogens with zero attached hydrogens (tertiary/aromatic N) is 4. The van der Waals surface area contributed by atoms with E-state index in [9.17, 15) is 4.79 Å². The highest BCUT2D eigenvalue weighted by molar-refractivity contribution is 5.74. The number of hydrogen-bond donors (Lipinski definition) is 0. The SMILES string of the molecule is O=C(N1CCCCC1)N1CCC[C@H](c2nc(-c3ccccc3)no2)C1. The Morgan fingerprint density at radius 3 is 2.56 bits per heavy atom. The van der Waals surface area contributed by atoms with E-state index in [1.54, 1.807) is 0 Å². The van der Waals surface area contributed by atoms with E-state index in [1.807, 2.05) is 40.1 Å². The molecule has 0 radical (unpaired) electrons. The summed E-state index contributed by atoms with van der Waals surface area (Å²) < 4.78 is 5.52. The van der Waals surface area contributed by atoms with E-state index in [1.165, 1.54) is 6.42 Å². The van der Waals surface area contributed by atoms with Crippen molar-refractivity contribution in [3.63, 3.8) is 0 Å². The molecule has 2 amide bonds. The standard InChI is InChI=1S/C19H24N4O2/c24-19(22-11-5-2-6-12-22)23-13-7-10-16(14-23)18-20-17(21-25-18)15-8-3-1-4-9-15/h1,3-4,8-9,16H,2,5-7,10-14H2/t16-/m0/s1. The molecule has 6 nitrogen and oxygen atoms in total. The lowest BCUT2D eigenvalue weighted by atomic mass is 9.98. The van der Waals surface area contributed by atoms with Crippen LogP contribution in [0.1, 0.15) is 43.9 Å². The second kappa shape index (κ2) is 7.25. The molecule has 1 atom stereocenters. The van der Waals surface area contributed by atoms with E-state index >= 15 is 0 Å². The summed E-state index contributed by atoms with van der Waals surface area (Å²) in [5.74, 6) is 1.40. The van der Waals surface area contributed by atoms with Gasteiger partial charge in [-0.05, 0) is 32.1 Å². The summed E-state index contributed by atoms with van der Waals surface area (Å²) in [5, 5.41) is 4.12. The van der Waals surface area contributed by atoms with E-state index in [2.05, 4.69) is 10.1 Å². The van der Waals surface area contributed by atoms with Gasteiger partial charge >= 0.3 is 6.03 Å². The molecule has 1 aromatic heterocycles. The van der Waals surface area contributed by atoms with Gasteiger partial charge in [0.2, 0.25) is 11.7 Å². The third-order valence-electron chi connectivity index (χ3n) is 5.14. The molecule has 0 bridgehead atoms. The van der Waals surface area contributed by atoms with Crippen molar-refractivity contribution in [3.8, 4) is 11.4 Å². The van der Waals surface area contributed by atoms with Gasteiger partial charge in [-0.3, -0.25) is 0 Å². The number of carbonyl (C=O) groups excluding carboxylic acids is 1. The molecule has 2 saturated heterocycles. The van der Waals surface area contributed by atoms with Crippen molar-refractivity contribution in [3.05, 3.63) is 36.2 Å². The average Bonchev–Trinajstić information content (AvgIpc) is 3.19. The number of urea groups is 1. The smallest absolute Gasteiger partial charge is 0.320 e. The first-order valence-electron chi connectivity index (χ1n) is 9.24. The van der Waals surface area contributed by atoms with Crippen LogP contribution in [0.3, 0.4) is 0 Å². The maximum atomic E-state index is 12.7. The van der Waals surface area contributed by atoms with Gasteiger partial charge < -0.3 is 14.3 Å². The summed E-state index contributed by atoms with van der Waals surface area (Å²) in [5.41, 5.74) is 0.953. The zero-order chi connectivity index (χ0) is 17.1. The zero-order valence-corrected chi connectivity index (χ0v) is 14.4. The molecule has 2 aliphatic rings. The van der Waals surface area contributed by atoms with Crippen LogP contribution in [-0.4, -0.2) is 52.2 Å². The first kappa shape index (κ1) is 16.1. The Balaban J connectivity index is 1.44. The van der Waals surface area contributed by atoms with Crippen molar-refractivity contribution in [1.82, 2.24) is 19.9 Å². The zero-order valence-electron chi connectivity index (χ0n) is 14.4. The fourth-order valence-electron chi connectivity index (χ4n) is 3.74. The molecule has 0 saturated carbocycles. The van der Waals surface area contributed by atoms with Crippen molar-refractivity contribution in [1.29, 1.82) is 0 Å². The van der Waals surface area contributed by atoms with Crippen molar-refractivity contribution < 1.29 is 9.32 Å². The van der Waals surface area contributed by atoms with Crippen molar-refractivity contribution in [2.75, 3.05) is 26.2 Å². The predicted molar refractivity (Wildman–Crippen MR) is 94.1 cm³/mol. The second-order valence-electron chi connectivity index (χ2n) is 6.94. The summed E-state index contributed by atoms with van der Waals surface area (Å²) in [6.45, 7) is 3.27. The highest BCUT2D eigenvalue weighted by Crippen LogP contribution is 2.28. The maximum Gasteiger partial charge on any atom is 0.320 e. The van der Waals surface area contributed by atoms with Gasteiger partial charge in [0, 0.05) is 31.7 Å². The van der Waals surface area contributed by atoms with Crippen LogP contribution in [0.25, 0.3) is 11.4 Å². The van der Waals surface area contributed by atoms with Crippen molar-refractivity contribution in [2.24, 2.45) is 0 Å². The molecular formula is C19H24N4O2. The molecule has 1 aromatic carbocycles. The van der Waals surface area contributed by atoms with Gasteiger partial charge in [0.15, 0.2) is 0 Å². The molecule has 2 aromatic rings. The van der Waals surface area contributed by atoms with Gasteiger partial charge in [0.25, 0.3) is 0 Å². The molecule has 2 fully saturated rings. The molecule has 4 rings (SSSR count). The molecule has 0 aliphatic carbocycles. The van der Waals surface area contributed by atoms with Gasteiger partial charge in [-0.1, -0.05) is 35.5 Å². The largest absolute Gasteiger partial charge is 0.339 e.